The van der Waals surface area contributed by atoms with E-state index in [1.165, 1.54) is 12.1 Å². The molecule has 1 aliphatic rings. The Morgan fingerprint density at radius 1 is 1.15 bits per heavy atom. The highest BCUT2D eigenvalue weighted by atomic mass is 16.6. The van der Waals surface area contributed by atoms with E-state index in [1.807, 2.05) is 16.2 Å². The number of urea groups is 2. The molecule has 2 rings (SSSR count). The second-order valence-corrected chi connectivity index (χ2v) is 5.00. The summed E-state index contributed by atoms with van der Waals surface area (Å²) in [6.07, 6.45) is 0. The minimum absolute atomic E-state index is 0.176. The van der Waals surface area contributed by atoms with E-state index >= 15 is 0 Å². The maximum atomic E-state index is 11.9. The van der Waals surface area contributed by atoms with Crippen LogP contribution in [0, 0.1) is 16.0 Å². The molecule has 0 saturated carbocycles. The fraction of sp³-hybridized carbons (Fsp3) is 0.154. The number of nitro benzene ring substituents is 1. The van der Waals surface area contributed by atoms with Crippen molar-refractivity contribution in [3.63, 3.8) is 0 Å². The minimum atomic E-state index is -1.84. The summed E-state index contributed by atoms with van der Waals surface area (Å²) in [6.45, 7) is 0. The SMILES string of the molecule is CN1C(=O)NC(=O)C(C(=O)NNC(=O)Nc2ccc([N+](=O)[O-])cc2)C1=O. The van der Waals surface area contributed by atoms with E-state index < -0.39 is 40.6 Å². The van der Waals surface area contributed by atoms with Gasteiger partial charge in [-0.1, -0.05) is 0 Å². The fourth-order valence-corrected chi connectivity index (χ4v) is 1.92. The Balaban J connectivity index is 1.91. The van der Waals surface area contributed by atoms with Crippen LogP contribution in [0.5, 0.6) is 0 Å². The molecular formula is C13H12N6O7. The van der Waals surface area contributed by atoms with Crippen LogP contribution in [-0.2, 0) is 14.4 Å². The number of hydrogen-bond acceptors (Lipinski definition) is 7. The highest BCUT2D eigenvalue weighted by Crippen LogP contribution is 2.15. The molecule has 13 nitrogen and oxygen atoms in total. The van der Waals surface area contributed by atoms with Crippen molar-refractivity contribution in [2.24, 2.45) is 5.92 Å². The first-order chi connectivity index (χ1) is 12.2. The quantitative estimate of drug-likeness (QED) is 0.304. The van der Waals surface area contributed by atoms with Crippen molar-refractivity contribution in [2.45, 2.75) is 0 Å². The van der Waals surface area contributed by atoms with E-state index in [2.05, 4.69) is 5.32 Å². The van der Waals surface area contributed by atoms with E-state index in [9.17, 15) is 34.1 Å². The predicted molar refractivity (Wildman–Crippen MR) is 83.2 cm³/mol. The molecule has 1 unspecified atom stereocenters. The zero-order chi connectivity index (χ0) is 19.4. The highest BCUT2D eigenvalue weighted by molar-refractivity contribution is 6.26. The summed E-state index contributed by atoms with van der Waals surface area (Å²) in [6, 6.07) is 2.95. The van der Waals surface area contributed by atoms with Crippen LogP contribution in [0.3, 0.4) is 0 Å². The van der Waals surface area contributed by atoms with Crippen molar-refractivity contribution < 1.29 is 28.9 Å². The molecule has 0 radical (unpaired) electrons. The van der Waals surface area contributed by atoms with Crippen LogP contribution in [0.1, 0.15) is 0 Å². The number of nitro groups is 1. The van der Waals surface area contributed by atoms with Crippen molar-refractivity contribution in [2.75, 3.05) is 12.4 Å². The average molecular weight is 364 g/mol. The number of barbiturate groups is 1. The lowest BCUT2D eigenvalue weighted by atomic mass is 10.1. The summed E-state index contributed by atoms with van der Waals surface area (Å²) in [4.78, 5) is 68.7. The molecule has 0 spiro atoms. The summed E-state index contributed by atoms with van der Waals surface area (Å²) in [5.74, 6) is -5.15. The molecule has 1 atom stereocenters. The van der Waals surface area contributed by atoms with Crippen LogP contribution in [0.25, 0.3) is 0 Å². The largest absolute Gasteiger partial charge is 0.337 e. The fourth-order valence-electron chi connectivity index (χ4n) is 1.92. The zero-order valence-corrected chi connectivity index (χ0v) is 13.1. The smallest absolute Gasteiger partial charge is 0.307 e. The Morgan fingerprint density at radius 2 is 1.77 bits per heavy atom. The molecule has 26 heavy (non-hydrogen) atoms. The van der Waals surface area contributed by atoms with Crippen molar-refractivity contribution in [3.8, 4) is 0 Å². The second-order valence-electron chi connectivity index (χ2n) is 5.00. The van der Waals surface area contributed by atoms with Crippen LogP contribution in [0.15, 0.2) is 24.3 Å². The molecule has 0 aromatic heterocycles. The third kappa shape index (κ3) is 3.89. The van der Waals surface area contributed by atoms with Crippen molar-refractivity contribution in [1.29, 1.82) is 0 Å². The van der Waals surface area contributed by atoms with Crippen LogP contribution in [-0.4, -0.2) is 46.7 Å². The summed E-state index contributed by atoms with van der Waals surface area (Å²) < 4.78 is 0. The maximum absolute atomic E-state index is 11.9. The average Bonchev–Trinajstić information content (AvgIpc) is 2.58. The molecule has 1 saturated heterocycles. The second kappa shape index (κ2) is 7.25. The highest BCUT2D eigenvalue weighted by Gasteiger charge is 2.43. The van der Waals surface area contributed by atoms with Gasteiger partial charge >= 0.3 is 12.1 Å². The number of non-ortho nitro benzene ring substituents is 1. The van der Waals surface area contributed by atoms with Gasteiger partial charge in [-0.25, -0.2) is 15.0 Å². The van der Waals surface area contributed by atoms with Gasteiger partial charge in [-0.2, -0.15) is 0 Å². The third-order valence-electron chi connectivity index (χ3n) is 3.27. The topological polar surface area (TPSA) is 180 Å². The maximum Gasteiger partial charge on any atom is 0.337 e. The summed E-state index contributed by atoms with van der Waals surface area (Å²) in [5, 5.41) is 14.6. The van der Waals surface area contributed by atoms with Gasteiger partial charge in [0.2, 0.25) is 5.91 Å². The molecule has 1 fully saturated rings. The minimum Gasteiger partial charge on any atom is -0.307 e. The number of nitrogens with zero attached hydrogens (tertiary/aromatic N) is 2. The summed E-state index contributed by atoms with van der Waals surface area (Å²) in [7, 11) is 1.08. The first kappa shape index (κ1) is 18.3. The van der Waals surface area contributed by atoms with Crippen LogP contribution in [0.4, 0.5) is 21.0 Å². The Kier molecular flexibility index (Phi) is 5.10. The lowest BCUT2D eigenvalue weighted by molar-refractivity contribution is -0.384. The van der Waals surface area contributed by atoms with E-state index in [0.717, 1.165) is 19.2 Å². The number of carbonyl (C=O) groups is 5. The van der Waals surface area contributed by atoms with Crippen LogP contribution in [0.2, 0.25) is 0 Å². The molecule has 1 aliphatic heterocycles. The Hall–Kier alpha value is -4.03. The van der Waals surface area contributed by atoms with Gasteiger partial charge in [-0.15, -0.1) is 0 Å². The van der Waals surface area contributed by atoms with Crippen molar-refractivity contribution in [1.82, 2.24) is 21.1 Å². The molecule has 13 heteroatoms. The molecule has 1 heterocycles. The van der Waals surface area contributed by atoms with Gasteiger partial charge in [0.25, 0.3) is 17.5 Å². The number of amides is 7. The molecule has 0 aliphatic carbocycles. The molecule has 0 bridgehead atoms. The summed E-state index contributed by atoms with van der Waals surface area (Å²) in [5.41, 5.74) is 3.80. The number of hydrogen-bond donors (Lipinski definition) is 4. The monoisotopic (exact) mass is 364 g/mol. The van der Waals surface area contributed by atoms with Gasteiger partial charge in [0.15, 0.2) is 5.92 Å². The van der Waals surface area contributed by atoms with Crippen LogP contribution >= 0.6 is 0 Å². The Morgan fingerprint density at radius 3 is 2.35 bits per heavy atom. The number of nitrogens with one attached hydrogen (secondary N) is 4. The van der Waals surface area contributed by atoms with Gasteiger partial charge in [0.1, 0.15) is 0 Å². The van der Waals surface area contributed by atoms with E-state index in [4.69, 9.17) is 0 Å². The summed E-state index contributed by atoms with van der Waals surface area (Å²) >= 11 is 0. The van der Waals surface area contributed by atoms with E-state index in [1.54, 1.807) is 0 Å². The molecule has 1 aromatic carbocycles. The molecule has 1 aromatic rings. The van der Waals surface area contributed by atoms with E-state index in [-0.39, 0.29) is 11.4 Å². The predicted octanol–water partition coefficient (Wildman–Crippen LogP) is -0.928. The normalized spacial score (nSPS) is 16.6. The number of hydrazine groups is 1. The third-order valence-corrected chi connectivity index (χ3v) is 3.27. The van der Waals surface area contributed by atoms with Crippen molar-refractivity contribution >= 4 is 41.2 Å². The standard InChI is InChI=1S/C13H12N6O7/c1-18-11(22)8(9(20)15-13(18)24)10(21)16-17-12(23)14-6-2-4-7(5-3-6)19(25)26/h2-5,8H,1H3,(H,16,21)(H2,14,17,23)(H,15,20,24). The van der Waals surface area contributed by atoms with Crippen LogP contribution < -0.4 is 21.5 Å². The van der Waals surface area contributed by atoms with Gasteiger partial charge < -0.3 is 5.32 Å². The molecule has 4 N–H and O–H groups in total. The number of benzene rings is 1. The molecule has 136 valence electrons. The zero-order valence-electron chi connectivity index (χ0n) is 13.1. The molecular weight excluding hydrogens is 352 g/mol. The van der Waals surface area contributed by atoms with Crippen molar-refractivity contribution in [3.05, 3.63) is 34.4 Å². The number of imide groups is 2. The Bertz CT molecular complexity index is 806. The van der Waals surface area contributed by atoms with Gasteiger partial charge in [0.05, 0.1) is 4.92 Å². The van der Waals surface area contributed by atoms with Gasteiger partial charge in [-0.05, 0) is 12.1 Å². The number of anilines is 1. The number of rotatable bonds is 3. The lowest BCUT2D eigenvalue weighted by Gasteiger charge is -2.26. The first-order valence-electron chi connectivity index (χ1n) is 6.94. The van der Waals surface area contributed by atoms with Gasteiger partial charge in [0, 0.05) is 24.9 Å². The van der Waals surface area contributed by atoms with E-state index in [0.29, 0.717) is 4.90 Å². The number of carbonyl (C=O) groups excluding carboxylic acids is 5. The lowest BCUT2D eigenvalue weighted by Crippen LogP contribution is -2.61. The first-order valence-corrected chi connectivity index (χ1v) is 6.94. The van der Waals surface area contributed by atoms with Gasteiger partial charge in [-0.3, -0.25) is 40.1 Å². The Labute approximate surface area is 144 Å². The molecule has 7 amide bonds.